The lowest BCUT2D eigenvalue weighted by Gasteiger charge is -2.27. The maximum Gasteiger partial charge on any atom is 0.264 e. The van der Waals surface area contributed by atoms with E-state index >= 15 is 0 Å². The van der Waals surface area contributed by atoms with E-state index in [-0.39, 0.29) is 35.0 Å². The summed E-state index contributed by atoms with van der Waals surface area (Å²) >= 11 is 1.76. The van der Waals surface area contributed by atoms with Gasteiger partial charge < -0.3 is 14.2 Å². The van der Waals surface area contributed by atoms with Crippen molar-refractivity contribution in [2.45, 2.75) is 65.7 Å². The molecule has 1 aliphatic rings. The highest BCUT2D eigenvalue weighted by Gasteiger charge is 2.38. The first-order valence-electron chi connectivity index (χ1n) is 9.59. The molecule has 0 spiro atoms. The third-order valence-corrected chi connectivity index (χ3v) is 7.26. The van der Waals surface area contributed by atoms with Gasteiger partial charge in [0.25, 0.3) is 10.1 Å². The van der Waals surface area contributed by atoms with Crippen molar-refractivity contribution in [1.82, 2.24) is 0 Å². The van der Waals surface area contributed by atoms with Crippen LogP contribution in [0.3, 0.4) is 0 Å². The molecule has 0 aromatic carbocycles. The Balaban J connectivity index is 2.12. The summed E-state index contributed by atoms with van der Waals surface area (Å²) in [6.07, 6.45) is 0.256. The zero-order valence-electron chi connectivity index (χ0n) is 18.0. The topological polar surface area (TPSA) is 82.1 Å². The van der Waals surface area contributed by atoms with Crippen LogP contribution < -0.4 is 9.47 Å². The third-order valence-electron chi connectivity index (χ3n) is 4.46. The molecule has 0 bridgehead atoms. The van der Waals surface area contributed by atoms with Crippen molar-refractivity contribution in [3.05, 3.63) is 9.75 Å². The molecule has 1 N–H and O–H groups in total. The lowest BCUT2D eigenvalue weighted by atomic mass is 9.91. The molecule has 2 heterocycles. The molecule has 8 heteroatoms. The van der Waals surface area contributed by atoms with Gasteiger partial charge in [0.15, 0.2) is 11.5 Å². The van der Waals surface area contributed by atoms with Gasteiger partial charge in [0, 0.05) is 17.4 Å². The second-order valence-electron chi connectivity index (χ2n) is 10.00. The van der Waals surface area contributed by atoms with E-state index < -0.39 is 10.1 Å². The van der Waals surface area contributed by atoms with Gasteiger partial charge in [-0.15, -0.1) is 11.3 Å². The van der Waals surface area contributed by atoms with Crippen LogP contribution >= 0.6 is 11.3 Å². The van der Waals surface area contributed by atoms with Gasteiger partial charge in [-0.1, -0.05) is 48.5 Å². The van der Waals surface area contributed by atoms with E-state index in [9.17, 15) is 8.42 Å². The molecule has 0 radical (unpaired) electrons. The van der Waals surface area contributed by atoms with Gasteiger partial charge in [-0.3, -0.25) is 4.55 Å². The second-order valence-corrected chi connectivity index (χ2v) is 12.6. The third kappa shape index (κ3) is 6.08. The number of rotatable bonds is 6. The maximum atomic E-state index is 10.8. The highest BCUT2D eigenvalue weighted by Crippen LogP contribution is 2.53. The van der Waals surface area contributed by atoms with Gasteiger partial charge >= 0.3 is 0 Å². The van der Waals surface area contributed by atoms with Crippen LogP contribution in [0.5, 0.6) is 11.5 Å². The number of hydrogen-bond acceptors (Lipinski definition) is 6. The van der Waals surface area contributed by atoms with Crippen LogP contribution in [0, 0.1) is 5.41 Å². The lowest BCUT2D eigenvalue weighted by molar-refractivity contribution is 0.00680. The monoisotopic (exact) mass is 434 g/mol. The summed E-state index contributed by atoms with van der Waals surface area (Å²) < 4.78 is 48.6. The molecule has 6 nitrogen and oxygen atoms in total. The second kappa shape index (κ2) is 8.13. The Bertz CT molecular complexity index is 740. The minimum Gasteiger partial charge on any atom is -0.488 e. The Morgan fingerprint density at radius 3 is 1.89 bits per heavy atom. The van der Waals surface area contributed by atoms with E-state index in [0.717, 1.165) is 11.5 Å². The average molecular weight is 435 g/mol. The molecule has 1 aromatic rings. The predicted molar refractivity (Wildman–Crippen MR) is 113 cm³/mol. The van der Waals surface area contributed by atoms with E-state index in [0.29, 0.717) is 19.8 Å². The lowest BCUT2D eigenvalue weighted by Crippen LogP contribution is -2.35. The van der Waals surface area contributed by atoms with Gasteiger partial charge in [0.1, 0.15) is 0 Å². The van der Waals surface area contributed by atoms with Gasteiger partial charge in [-0.2, -0.15) is 8.42 Å². The van der Waals surface area contributed by atoms with Crippen molar-refractivity contribution in [3.63, 3.8) is 0 Å². The Morgan fingerprint density at radius 2 is 1.50 bits per heavy atom. The molecule has 28 heavy (non-hydrogen) atoms. The van der Waals surface area contributed by atoms with Crippen LogP contribution in [0.25, 0.3) is 0 Å². The van der Waals surface area contributed by atoms with Gasteiger partial charge in [-0.25, -0.2) is 0 Å². The molecular weight excluding hydrogens is 400 g/mol. The fourth-order valence-electron chi connectivity index (χ4n) is 2.93. The number of ether oxygens (including phenoxy) is 3. The minimum absolute atomic E-state index is 0.0470. The van der Waals surface area contributed by atoms with Gasteiger partial charge in [-0.05, 0) is 6.42 Å². The fourth-order valence-corrected chi connectivity index (χ4v) is 4.72. The molecule has 0 unspecified atom stereocenters. The smallest absolute Gasteiger partial charge is 0.264 e. The van der Waals surface area contributed by atoms with Crippen molar-refractivity contribution in [2.24, 2.45) is 5.41 Å². The van der Waals surface area contributed by atoms with Crippen molar-refractivity contribution in [3.8, 4) is 11.5 Å². The van der Waals surface area contributed by atoms with Crippen LogP contribution in [-0.2, 0) is 25.7 Å². The normalized spacial score (nSPS) is 17.4. The van der Waals surface area contributed by atoms with E-state index in [1.807, 2.05) is 6.92 Å². The predicted octanol–water partition coefficient (Wildman–Crippen LogP) is 4.42. The van der Waals surface area contributed by atoms with Crippen LogP contribution in [0.15, 0.2) is 0 Å². The van der Waals surface area contributed by atoms with E-state index in [2.05, 4.69) is 41.5 Å². The van der Waals surface area contributed by atoms with E-state index in [1.54, 1.807) is 11.3 Å². The van der Waals surface area contributed by atoms with Gasteiger partial charge in [0.05, 0.1) is 40.7 Å². The molecule has 1 aliphatic heterocycles. The molecule has 0 aliphatic carbocycles. The van der Waals surface area contributed by atoms with Crippen LogP contribution in [-0.4, -0.2) is 45.2 Å². The van der Waals surface area contributed by atoms with Crippen LogP contribution in [0.1, 0.15) is 64.6 Å². The molecule has 0 fully saturated rings. The number of thiophene rings is 1. The Kier molecular flexibility index (Phi) is 6.81. The van der Waals surface area contributed by atoms with E-state index in [1.165, 1.54) is 9.75 Å². The Labute approximate surface area is 173 Å². The molecule has 0 amide bonds. The summed E-state index contributed by atoms with van der Waals surface area (Å²) in [4.78, 5) is 2.37. The first kappa shape index (κ1) is 23.4. The standard InChI is InChI=1S/C20H34O6S2/c1-18(2,3)16-14-15(17(27-16)19(4,5)6)26-13-20(7,12-25-14)11-24-9-8-10-28(21,22)23/h8-13H2,1-7H3,(H,21,22,23). The summed E-state index contributed by atoms with van der Waals surface area (Å²) in [5.41, 5.74) is -0.442. The fraction of sp³-hybridized carbons (Fsp3) is 0.800. The highest BCUT2D eigenvalue weighted by atomic mass is 32.2. The summed E-state index contributed by atoms with van der Waals surface area (Å²) in [6.45, 7) is 16.7. The molecule has 0 saturated heterocycles. The van der Waals surface area contributed by atoms with Gasteiger partial charge in [0.2, 0.25) is 0 Å². The van der Waals surface area contributed by atoms with Crippen LogP contribution in [0.4, 0.5) is 0 Å². The highest BCUT2D eigenvalue weighted by molar-refractivity contribution is 7.85. The maximum absolute atomic E-state index is 10.8. The van der Waals surface area contributed by atoms with Crippen molar-refractivity contribution >= 4 is 21.5 Å². The molecule has 0 atom stereocenters. The zero-order chi connectivity index (χ0) is 21.4. The first-order valence-corrected chi connectivity index (χ1v) is 12.0. The minimum atomic E-state index is -3.95. The van der Waals surface area contributed by atoms with Crippen LogP contribution in [0.2, 0.25) is 0 Å². The summed E-state index contributed by atoms with van der Waals surface area (Å²) in [7, 11) is -3.95. The molecule has 2 rings (SSSR count). The SMILES string of the molecule is CC1(COCCCS(=O)(=O)O)COc2c(C(C)(C)C)sc(C(C)(C)C)c2OC1. The van der Waals surface area contributed by atoms with Crippen molar-refractivity contribution < 1.29 is 27.2 Å². The Hall–Kier alpha value is -0.830. The molecular formula is C20H34O6S2. The Morgan fingerprint density at radius 1 is 1.04 bits per heavy atom. The zero-order valence-corrected chi connectivity index (χ0v) is 19.7. The quantitative estimate of drug-likeness (QED) is 0.527. The summed E-state index contributed by atoms with van der Waals surface area (Å²) in [5, 5.41) is 0. The largest absolute Gasteiger partial charge is 0.488 e. The number of hydrogen-bond donors (Lipinski definition) is 1. The van der Waals surface area contributed by atoms with Crippen molar-refractivity contribution in [1.29, 1.82) is 0 Å². The number of fused-ring (bicyclic) bond motifs is 1. The first-order chi connectivity index (χ1) is 12.6. The van der Waals surface area contributed by atoms with E-state index in [4.69, 9.17) is 18.8 Å². The molecule has 1 aromatic heterocycles. The molecule has 162 valence electrons. The average Bonchev–Trinajstić information content (AvgIpc) is 2.81. The molecule has 0 saturated carbocycles. The summed E-state index contributed by atoms with van der Waals surface area (Å²) in [6, 6.07) is 0. The van der Waals surface area contributed by atoms with Crippen molar-refractivity contribution in [2.75, 3.05) is 32.2 Å². The summed E-state index contributed by atoms with van der Waals surface area (Å²) in [5.74, 6) is 1.40.